The van der Waals surface area contributed by atoms with Crippen molar-refractivity contribution >= 4 is 19.7 Å². The number of fused-ring (bicyclic) bond motifs is 1. The molecule has 2 aromatic heterocycles. The van der Waals surface area contributed by atoms with Crippen LogP contribution >= 0.6 is 0 Å². The number of sulfone groups is 2. The summed E-state index contributed by atoms with van der Waals surface area (Å²) in [5.74, 6) is 1.10. The topological polar surface area (TPSA) is 99.0 Å². The monoisotopic (exact) mass is 375 g/mol. The van der Waals surface area contributed by atoms with Gasteiger partial charge in [0.15, 0.2) is 19.7 Å². The van der Waals surface area contributed by atoms with E-state index in [0.717, 1.165) is 11.8 Å². The van der Waals surface area contributed by atoms with E-state index in [1.165, 1.54) is 12.3 Å². The lowest BCUT2D eigenvalue weighted by Crippen LogP contribution is -2.18. The van der Waals surface area contributed by atoms with E-state index < -0.39 is 19.7 Å². The molecule has 0 amide bonds. The molecular weight excluding hydrogens is 362 g/mol. The van der Waals surface area contributed by atoms with Crippen molar-refractivity contribution in [2.24, 2.45) is 0 Å². The average Bonchev–Trinajstić information content (AvgIpc) is 3.03. The standard InChI is InChI=1S/C16H13N3O4S2/c1-24(20,21)13-4-5-15(18-9-13)19-7-6-17-16(19)11-2-3-12-10-25(22,23)14(12)8-11/h2-9H,10H2,1H3. The number of nitrogens with zero attached hydrogens (tertiary/aromatic N) is 3. The third-order valence-corrected chi connectivity index (χ3v) is 6.88. The largest absolute Gasteiger partial charge is 0.284 e. The van der Waals surface area contributed by atoms with Gasteiger partial charge in [0.25, 0.3) is 0 Å². The van der Waals surface area contributed by atoms with Gasteiger partial charge in [0.1, 0.15) is 11.6 Å². The van der Waals surface area contributed by atoms with Crippen LogP contribution in [0.4, 0.5) is 0 Å². The number of pyridine rings is 1. The molecule has 7 nitrogen and oxygen atoms in total. The fourth-order valence-electron chi connectivity index (χ4n) is 2.74. The van der Waals surface area contributed by atoms with E-state index in [0.29, 0.717) is 22.1 Å². The molecule has 0 atom stereocenters. The van der Waals surface area contributed by atoms with Gasteiger partial charge < -0.3 is 0 Å². The molecule has 9 heteroatoms. The lowest BCUT2D eigenvalue weighted by Gasteiger charge is -2.19. The van der Waals surface area contributed by atoms with Gasteiger partial charge in [-0.2, -0.15) is 0 Å². The molecule has 1 aliphatic heterocycles. The van der Waals surface area contributed by atoms with E-state index in [-0.39, 0.29) is 10.6 Å². The van der Waals surface area contributed by atoms with Gasteiger partial charge in [-0.05, 0) is 23.8 Å². The Morgan fingerprint density at radius 1 is 1.12 bits per heavy atom. The summed E-state index contributed by atoms with van der Waals surface area (Å²) < 4.78 is 48.4. The molecule has 0 bridgehead atoms. The molecule has 0 aliphatic carbocycles. The Kier molecular flexibility index (Phi) is 3.35. The third kappa shape index (κ3) is 2.65. The molecule has 1 aromatic carbocycles. The van der Waals surface area contributed by atoms with Crippen LogP contribution in [0.5, 0.6) is 0 Å². The summed E-state index contributed by atoms with van der Waals surface area (Å²) in [6.45, 7) is 0. The molecule has 3 aromatic rings. The van der Waals surface area contributed by atoms with Crippen molar-refractivity contribution in [2.45, 2.75) is 15.5 Å². The molecule has 3 heterocycles. The van der Waals surface area contributed by atoms with Gasteiger partial charge in [-0.3, -0.25) is 4.57 Å². The SMILES string of the molecule is CS(=O)(=O)c1ccc(-n2ccnc2-c2ccc3c(c2)S(=O)(=O)C3)nc1. The predicted molar refractivity (Wildman–Crippen MR) is 90.8 cm³/mol. The van der Waals surface area contributed by atoms with Gasteiger partial charge in [-0.1, -0.05) is 12.1 Å². The van der Waals surface area contributed by atoms with Crippen molar-refractivity contribution < 1.29 is 16.8 Å². The molecule has 1 aliphatic rings. The molecule has 0 spiro atoms. The number of rotatable bonds is 3. The summed E-state index contributed by atoms with van der Waals surface area (Å²) >= 11 is 0. The van der Waals surface area contributed by atoms with Crippen molar-refractivity contribution in [1.82, 2.24) is 14.5 Å². The lowest BCUT2D eigenvalue weighted by atomic mass is 10.1. The van der Waals surface area contributed by atoms with Gasteiger partial charge in [0.2, 0.25) is 0 Å². The third-order valence-electron chi connectivity index (χ3n) is 4.04. The van der Waals surface area contributed by atoms with Crippen molar-refractivity contribution in [1.29, 1.82) is 0 Å². The molecular formula is C16H13N3O4S2. The fraction of sp³-hybridized carbons (Fsp3) is 0.125. The Balaban J connectivity index is 1.78. The van der Waals surface area contributed by atoms with Crippen molar-refractivity contribution in [3.8, 4) is 17.2 Å². The summed E-state index contributed by atoms with van der Waals surface area (Å²) in [5.41, 5.74) is 1.46. The first-order valence-corrected chi connectivity index (χ1v) is 10.9. The van der Waals surface area contributed by atoms with Crippen LogP contribution in [0.15, 0.2) is 58.7 Å². The van der Waals surface area contributed by atoms with Gasteiger partial charge in [0, 0.05) is 30.4 Å². The second-order valence-electron chi connectivity index (χ2n) is 5.83. The first-order chi connectivity index (χ1) is 11.8. The smallest absolute Gasteiger partial charge is 0.182 e. The molecule has 0 saturated heterocycles. The zero-order valence-corrected chi connectivity index (χ0v) is 14.8. The Bertz CT molecular complexity index is 1190. The van der Waals surface area contributed by atoms with E-state index in [1.807, 2.05) is 6.07 Å². The fourth-order valence-corrected chi connectivity index (χ4v) is 4.72. The number of aromatic nitrogens is 3. The Morgan fingerprint density at radius 3 is 2.56 bits per heavy atom. The molecule has 25 heavy (non-hydrogen) atoms. The maximum atomic E-state index is 11.8. The molecule has 128 valence electrons. The van der Waals surface area contributed by atoms with Crippen molar-refractivity contribution in [3.05, 3.63) is 54.5 Å². The summed E-state index contributed by atoms with van der Waals surface area (Å²) in [5, 5.41) is 0. The van der Waals surface area contributed by atoms with Crippen molar-refractivity contribution in [2.75, 3.05) is 6.26 Å². The Morgan fingerprint density at radius 2 is 1.92 bits per heavy atom. The van der Waals surface area contributed by atoms with Gasteiger partial charge in [-0.15, -0.1) is 0 Å². The van der Waals surface area contributed by atoms with Crippen LogP contribution in [-0.2, 0) is 25.4 Å². The van der Waals surface area contributed by atoms with E-state index in [2.05, 4.69) is 9.97 Å². The highest BCUT2D eigenvalue weighted by molar-refractivity contribution is 7.92. The molecule has 4 rings (SSSR count). The first kappa shape index (κ1) is 16.0. The van der Waals surface area contributed by atoms with Crippen LogP contribution in [0.25, 0.3) is 17.2 Å². The van der Waals surface area contributed by atoms with Crippen LogP contribution in [-0.4, -0.2) is 37.6 Å². The lowest BCUT2D eigenvalue weighted by molar-refractivity contribution is 0.585. The van der Waals surface area contributed by atoms with Crippen LogP contribution < -0.4 is 0 Å². The highest BCUT2D eigenvalue weighted by Crippen LogP contribution is 2.34. The maximum Gasteiger partial charge on any atom is 0.182 e. The average molecular weight is 375 g/mol. The van der Waals surface area contributed by atoms with Gasteiger partial charge >= 0.3 is 0 Å². The second-order valence-corrected chi connectivity index (χ2v) is 9.80. The first-order valence-electron chi connectivity index (χ1n) is 7.32. The number of hydrogen-bond donors (Lipinski definition) is 0. The Hall–Kier alpha value is -2.52. The summed E-state index contributed by atoms with van der Waals surface area (Å²) in [6, 6.07) is 8.27. The number of imidazole rings is 1. The van der Waals surface area contributed by atoms with Crippen molar-refractivity contribution in [3.63, 3.8) is 0 Å². The van der Waals surface area contributed by atoms with Crippen LogP contribution in [0.2, 0.25) is 0 Å². The van der Waals surface area contributed by atoms with Gasteiger partial charge in [-0.25, -0.2) is 26.8 Å². The normalized spacial score (nSPS) is 15.4. The molecule has 0 fully saturated rings. The minimum atomic E-state index is -3.32. The van der Waals surface area contributed by atoms with E-state index in [4.69, 9.17) is 0 Å². The van der Waals surface area contributed by atoms with Crippen LogP contribution in [0.3, 0.4) is 0 Å². The summed E-state index contributed by atoms with van der Waals surface area (Å²) in [4.78, 5) is 8.93. The summed E-state index contributed by atoms with van der Waals surface area (Å²) in [7, 11) is -6.49. The van der Waals surface area contributed by atoms with E-state index >= 15 is 0 Å². The zero-order chi connectivity index (χ0) is 17.8. The summed E-state index contributed by atoms with van der Waals surface area (Å²) in [6.07, 6.45) is 5.67. The van der Waals surface area contributed by atoms with Crippen LogP contribution in [0.1, 0.15) is 5.56 Å². The highest BCUT2D eigenvalue weighted by Gasteiger charge is 2.31. The van der Waals surface area contributed by atoms with E-state index in [9.17, 15) is 16.8 Å². The second kappa shape index (κ2) is 5.24. The minimum Gasteiger partial charge on any atom is -0.284 e. The number of benzene rings is 1. The van der Waals surface area contributed by atoms with Gasteiger partial charge in [0.05, 0.1) is 15.5 Å². The number of hydrogen-bond acceptors (Lipinski definition) is 6. The van der Waals surface area contributed by atoms with E-state index in [1.54, 1.807) is 35.2 Å². The molecule has 0 unspecified atom stereocenters. The quantitative estimate of drug-likeness (QED) is 0.690. The molecule has 0 saturated carbocycles. The Labute approximate surface area is 144 Å². The predicted octanol–water partition coefficient (Wildman–Crippen LogP) is 1.63. The molecule has 0 N–H and O–H groups in total. The molecule has 0 radical (unpaired) electrons. The zero-order valence-electron chi connectivity index (χ0n) is 13.1. The highest BCUT2D eigenvalue weighted by atomic mass is 32.2. The maximum absolute atomic E-state index is 11.8. The van der Waals surface area contributed by atoms with Crippen LogP contribution in [0, 0.1) is 0 Å². The minimum absolute atomic E-state index is 0.0750.